The van der Waals surface area contributed by atoms with Crippen molar-refractivity contribution in [2.45, 2.75) is 19.9 Å². The molecule has 2 rings (SSSR count). The van der Waals surface area contributed by atoms with Gasteiger partial charge < -0.3 is 14.8 Å². The standard InChI is InChI=1S/C14H17ClN2O3/c1-7(2)11-14(18)17-13(16-11)8-5-9(15)12(20-4)10(6-8)19-3/h5-7,11H,1-4H3,(H,16,17,18). The second-order valence-electron chi connectivity index (χ2n) is 4.85. The van der Waals surface area contributed by atoms with Gasteiger partial charge in [0, 0.05) is 5.56 Å². The Morgan fingerprint density at radius 1 is 1.30 bits per heavy atom. The van der Waals surface area contributed by atoms with E-state index in [4.69, 9.17) is 21.1 Å². The Balaban J connectivity index is 2.42. The lowest BCUT2D eigenvalue weighted by atomic mass is 10.1. The average molecular weight is 297 g/mol. The number of nitrogens with zero attached hydrogens (tertiary/aromatic N) is 1. The number of halogens is 1. The van der Waals surface area contributed by atoms with Crippen molar-refractivity contribution >= 4 is 23.3 Å². The Bertz CT molecular complexity index is 570. The highest BCUT2D eigenvalue weighted by Crippen LogP contribution is 2.36. The van der Waals surface area contributed by atoms with Gasteiger partial charge in [0.1, 0.15) is 11.9 Å². The fourth-order valence-electron chi connectivity index (χ4n) is 2.07. The number of benzene rings is 1. The number of carbonyl (C=O) groups is 1. The minimum absolute atomic E-state index is 0.0964. The molecule has 1 unspecified atom stereocenters. The van der Waals surface area contributed by atoms with Crippen molar-refractivity contribution in [2.24, 2.45) is 10.9 Å². The van der Waals surface area contributed by atoms with E-state index in [2.05, 4.69) is 10.3 Å². The lowest BCUT2D eigenvalue weighted by Gasteiger charge is -2.11. The highest BCUT2D eigenvalue weighted by atomic mass is 35.5. The molecule has 108 valence electrons. The maximum Gasteiger partial charge on any atom is 0.250 e. The number of rotatable bonds is 4. The van der Waals surface area contributed by atoms with E-state index < -0.39 is 0 Å². The molecule has 0 radical (unpaired) electrons. The Hall–Kier alpha value is -1.75. The molecule has 0 aromatic heterocycles. The first-order valence-corrected chi connectivity index (χ1v) is 6.66. The molecule has 0 saturated carbocycles. The third-order valence-corrected chi connectivity index (χ3v) is 3.40. The number of carbonyl (C=O) groups excluding carboxylic acids is 1. The lowest BCUT2D eigenvalue weighted by molar-refractivity contribution is -0.120. The summed E-state index contributed by atoms with van der Waals surface area (Å²) in [5, 5.41) is 3.18. The van der Waals surface area contributed by atoms with Crippen molar-refractivity contribution < 1.29 is 14.3 Å². The second-order valence-corrected chi connectivity index (χ2v) is 5.26. The molecule has 1 N–H and O–H groups in total. The molecule has 0 aliphatic carbocycles. The van der Waals surface area contributed by atoms with Gasteiger partial charge in [-0.25, -0.2) is 0 Å². The third kappa shape index (κ3) is 2.58. The molecule has 0 fully saturated rings. The Kier molecular flexibility index (Phi) is 4.18. The van der Waals surface area contributed by atoms with Crippen LogP contribution in [0.5, 0.6) is 11.5 Å². The SMILES string of the molecule is COc1cc(C2=NC(C(C)C)C(=O)N2)cc(Cl)c1OC. The van der Waals surface area contributed by atoms with Gasteiger partial charge in [0.15, 0.2) is 11.5 Å². The van der Waals surface area contributed by atoms with Crippen molar-refractivity contribution in [1.82, 2.24) is 5.32 Å². The molecule has 1 aliphatic rings. The molecular formula is C14H17ClN2O3. The first-order valence-electron chi connectivity index (χ1n) is 6.28. The van der Waals surface area contributed by atoms with Crippen LogP contribution in [0.1, 0.15) is 19.4 Å². The second kappa shape index (κ2) is 5.71. The van der Waals surface area contributed by atoms with E-state index in [0.29, 0.717) is 27.9 Å². The third-order valence-electron chi connectivity index (χ3n) is 3.12. The number of nitrogens with one attached hydrogen (secondary N) is 1. The number of hydrogen-bond acceptors (Lipinski definition) is 4. The van der Waals surface area contributed by atoms with Crippen molar-refractivity contribution in [3.63, 3.8) is 0 Å². The maximum absolute atomic E-state index is 11.8. The van der Waals surface area contributed by atoms with Gasteiger partial charge in [0.2, 0.25) is 0 Å². The molecule has 5 nitrogen and oxygen atoms in total. The molecule has 1 aliphatic heterocycles. The zero-order valence-electron chi connectivity index (χ0n) is 11.9. The quantitative estimate of drug-likeness (QED) is 0.927. The fraction of sp³-hybridized carbons (Fsp3) is 0.429. The van der Waals surface area contributed by atoms with E-state index in [1.54, 1.807) is 12.1 Å². The molecule has 1 atom stereocenters. The number of amidine groups is 1. The van der Waals surface area contributed by atoms with Crippen LogP contribution in [0, 0.1) is 5.92 Å². The Morgan fingerprint density at radius 2 is 2.00 bits per heavy atom. The number of ether oxygens (including phenoxy) is 2. The van der Waals surface area contributed by atoms with Gasteiger partial charge in [-0.2, -0.15) is 0 Å². The summed E-state index contributed by atoms with van der Waals surface area (Å²) in [5.41, 5.74) is 0.698. The first kappa shape index (κ1) is 14.7. The monoisotopic (exact) mass is 296 g/mol. The van der Waals surface area contributed by atoms with Crippen LogP contribution in [0.3, 0.4) is 0 Å². The summed E-state index contributed by atoms with van der Waals surface area (Å²) in [6.07, 6.45) is 0. The van der Waals surface area contributed by atoms with Crippen molar-refractivity contribution in [1.29, 1.82) is 0 Å². The molecule has 0 spiro atoms. The molecule has 20 heavy (non-hydrogen) atoms. The minimum atomic E-state index is -0.364. The molecule has 0 saturated heterocycles. The summed E-state index contributed by atoms with van der Waals surface area (Å²) in [5.74, 6) is 1.52. The number of aliphatic imine (C=N–C) groups is 1. The van der Waals surface area contributed by atoms with Crippen LogP contribution >= 0.6 is 11.6 Å². The van der Waals surface area contributed by atoms with Gasteiger partial charge in [-0.1, -0.05) is 25.4 Å². The summed E-state index contributed by atoms with van der Waals surface area (Å²) in [4.78, 5) is 16.3. The van der Waals surface area contributed by atoms with E-state index in [1.807, 2.05) is 13.8 Å². The van der Waals surface area contributed by atoms with Crippen molar-refractivity contribution in [3.8, 4) is 11.5 Å². The van der Waals surface area contributed by atoms with E-state index in [0.717, 1.165) is 0 Å². The molecule has 1 amide bonds. The molecule has 0 bridgehead atoms. The maximum atomic E-state index is 11.8. The molecule has 1 aromatic rings. The van der Waals surface area contributed by atoms with Gasteiger partial charge >= 0.3 is 0 Å². The molecule has 1 heterocycles. The Labute approximate surface area is 122 Å². The number of amides is 1. The van der Waals surface area contributed by atoms with Crippen LogP contribution in [-0.4, -0.2) is 32.0 Å². The van der Waals surface area contributed by atoms with Gasteiger partial charge in [-0.15, -0.1) is 0 Å². The average Bonchev–Trinajstić information content (AvgIpc) is 2.80. The van der Waals surface area contributed by atoms with Gasteiger partial charge in [0.25, 0.3) is 5.91 Å². The van der Waals surface area contributed by atoms with E-state index in [1.165, 1.54) is 14.2 Å². The zero-order chi connectivity index (χ0) is 14.9. The molecule has 1 aromatic carbocycles. The van der Waals surface area contributed by atoms with Gasteiger partial charge in [0.05, 0.1) is 19.2 Å². The van der Waals surface area contributed by atoms with Crippen LogP contribution < -0.4 is 14.8 Å². The van der Waals surface area contributed by atoms with E-state index in [9.17, 15) is 4.79 Å². The molecule has 6 heteroatoms. The zero-order valence-corrected chi connectivity index (χ0v) is 12.6. The van der Waals surface area contributed by atoms with Gasteiger partial charge in [-0.05, 0) is 18.1 Å². The number of methoxy groups -OCH3 is 2. The fourth-order valence-corrected chi connectivity index (χ4v) is 2.36. The largest absolute Gasteiger partial charge is 0.493 e. The number of hydrogen-bond donors (Lipinski definition) is 1. The van der Waals surface area contributed by atoms with Gasteiger partial charge in [-0.3, -0.25) is 9.79 Å². The van der Waals surface area contributed by atoms with Crippen LogP contribution in [-0.2, 0) is 4.79 Å². The topological polar surface area (TPSA) is 59.9 Å². The summed E-state index contributed by atoms with van der Waals surface area (Å²) in [7, 11) is 3.05. The highest BCUT2D eigenvalue weighted by Gasteiger charge is 2.30. The summed E-state index contributed by atoms with van der Waals surface area (Å²) >= 11 is 6.15. The summed E-state index contributed by atoms with van der Waals surface area (Å²) in [6.45, 7) is 3.91. The van der Waals surface area contributed by atoms with Crippen LogP contribution in [0.2, 0.25) is 5.02 Å². The first-order chi connectivity index (χ1) is 9.47. The van der Waals surface area contributed by atoms with Crippen LogP contribution in [0.4, 0.5) is 0 Å². The minimum Gasteiger partial charge on any atom is -0.493 e. The smallest absolute Gasteiger partial charge is 0.250 e. The highest BCUT2D eigenvalue weighted by molar-refractivity contribution is 6.33. The van der Waals surface area contributed by atoms with Crippen LogP contribution in [0.25, 0.3) is 0 Å². The molecular weight excluding hydrogens is 280 g/mol. The van der Waals surface area contributed by atoms with Crippen LogP contribution in [0.15, 0.2) is 17.1 Å². The normalized spacial score (nSPS) is 18.0. The van der Waals surface area contributed by atoms with Crippen molar-refractivity contribution in [2.75, 3.05) is 14.2 Å². The lowest BCUT2D eigenvalue weighted by Crippen LogP contribution is -2.31. The Morgan fingerprint density at radius 3 is 2.50 bits per heavy atom. The summed E-state index contributed by atoms with van der Waals surface area (Å²) in [6, 6.07) is 3.08. The van der Waals surface area contributed by atoms with E-state index in [-0.39, 0.29) is 17.9 Å². The van der Waals surface area contributed by atoms with Crippen molar-refractivity contribution in [3.05, 3.63) is 22.7 Å². The predicted octanol–water partition coefficient (Wildman–Crippen LogP) is 2.26. The van der Waals surface area contributed by atoms with E-state index >= 15 is 0 Å². The summed E-state index contributed by atoms with van der Waals surface area (Å²) < 4.78 is 10.4. The predicted molar refractivity (Wildman–Crippen MR) is 77.9 cm³/mol.